The highest BCUT2D eigenvalue weighted by Gasteiger charge is 2.44. The summed E-state index contributed by atoms with van der Waals surface area (Å²) in [5.41, 5.74) is 0.596. The van der Waals surface area contributed by atoms with E-state index in [-0.39, 0.29) is 30.2 Å². The van der Waals surface area contributed by atoms with Crippen LogP contribution in [0.5, 0.6) is 0 Å². The van der Waals surface area contributed by atoms with Crippen molar-refractivity contribution in [2.24, 2.45) is 17.8 Å². The zero-order chi connectivity index (χ0) is 18.0. The number of ether oxygens (including phenoxy) is 1. The van der Waals surface area contributed by atoms with Crippen LogP contribution in [0.25, 0.3) is 0 Å². The van der Waals surface area contributed by atoms with E-state index in [1.165, 1.54) is 6.07 Å². The molecule has 2 N–H and O–H groups in total. The lowest BCUT2D eigenvalue weighted by Crippen LogP contribution is -2.39. The molecular weight excluding hydrogens is 332 g/mol. The first-order valence-electron chi connectivity index (χ1n) is 8.50. The number of benzene rings is 1. The Morgan fingerprint density at radius 1 is 1.24 bits per heavy atom. The fraction of sp³-hybridized carbons (Fsp3) is 0.556. The molecule has 0 spiro atoms. The SMILES string of the molecule is O=C(O)C(CNC(=O)C1CC1c1ccc(F)c(F)c1)C1CCOCC1. The van der Waals surface area contributed by atoms with Crippen LogP contribution in [0.15, 0.2) is 18.2 Å². The lowest BCUT2D eigenvalue weighted by atomic mass is 9.86. The monoisotopic (exact) mass is 353 g/mol. The predicted octanol–water partition coefficient (Wildman–Crippen LogP) is 2.31. The van der Waals surface area contributed by atoms with Gasteiger partial charge in [0.2, 0.25) is 5.91 Å². The van der Waals surface area contributed by atoms with Gasteiger partial charge in [0.15, 0.2) is 11.6 Å². The Kier molecular flexibility index (Phi) is 5.32. The first kappa shape index (κ1) is 17.8. The summed E-state index contributed by atoms with van der Waals surface area (Å²) in [7, 11) is 0. The minimum atomic E-state index is -0.922. The highest BCUT2D eigenvalue weighted by atomic mass is 19.2. The first-order valence-corrected chi connectivity index (χ1v) is 8.50. The quantitative estimate of drug-likeness (QED) is 0.823. The number of nitrogens with one attached hydrogen (secondary N) is 1. The van der Waals surface area contributed by atoms with E-state index in [1.807, 2.05) is 0 Å². The van der Waals surface area contributed by atoms with E-state index < -0.39 is 23.5 Å². The summed E-state index contributed by atoms with van der Waals surface area (Å²) in [6, 6.07) is 3.66. The summed E-state index contributed by atoms with van der Waals surface area (Å²) in [5.74, 6) is -4.06. The molecule has 2 aliphatic rings. The van der Waals surface area contributed by atoms with E-state index in [1.54, 1.807) is 0 Å². The summed E-state index contributed by atoms with van der Waals surface area (Å²) in [5, 5.41) is 12.1. The van der Waals surface area contributed by atoms with E-state index in [2.05, 4.69) is 5.32 Å². The van der Waals surface area contributed by atoms with Crippen LogP contribution in [0.2, 0.25) is 0 Å². The van der Waals surface area contributed by atoms with Crippen LogP contribution in [-0.2, 0) is 14.3 Å². The summed E-state index contributed by atoms with van der Waals surface area (Å²) < 4.78 is 31.5. The number of hydrogen-bond acceptors (Lipinski definition) is 3. The molecule has 0 bridgehead atoms. The van der Waals surface area contributed by atoms with Crippen LogP contribution in [-0.4, -0.2) is 36.7 Å². The molecule has 2 fully saturated rings. The largest absolute Gasteiger partial charge is 0.481 e. The van der Waals surface area contributed by atoms with Gasteiger partial charge in [0.05, 0.1) is 5.92 Å². The fourth-order valence-corrected chi connectivity index (χ4v) is 3.51. The summed E-state index contributed by atoms with van der Waals surface area (Å²) in [6.07, 6.45) is 1.91. The third-order valence-corrected chi connectivity index (χ3v) is 5.15. The molecule has 5 nitrogen and oxygen atoms in total. The molecule has 25 heavy (non-hydrogen) atoms. The van der Waals surface area contributed by atoms with Crippen LogP contribution in [0.4, 0.5) is 8.78 Å². The van der Waals surface area contributed by atoms with E-state index in [4.69, 9.17) is 4.74 Å². The first-order chi connectivity index (χ1) is 12.0. The van der Waals surface area contributed by atoms with Crippen LogP contribution in [0.3, 0.4) is 0 Å². The van der Waals surface area contributed by atoms with Crippen molar-refractivity contribution in [3.05, 3.63) is 35.4 Å². The molecule has 1 aliphatic heterocycles. The molecule has 1 aliphatic carbocycles. The number of halogens is 2. The normalized spacial score (nSPS) is 24.6. The van der Waals surface area contributed by atoms with Crippen LogP contribution >= 0.6 is 0 Å². The molecule has 1 aromatic rings. The van der Waals surface area contributed by atoms with Crippen molar-refractivity contribution in [2.45, 2.75) is 25.2 Å². The molecule has 1 saturated heterocycles. The van der Waals surface area contributed by atoms with Crippen LogP contribution in [0, 0.1) is 29.4 Å². The van der Waals surface area contributed by atoms with Crippen molar-refractivity contribution in [1.29, 1.82) is 0 Å². The summed E-state index contributed by atoms with van der Waals surface area (Å²) in [6.45, 7) is 1.17. The minimum Gasteiger partial charge on any atom is -0.481 e. The zero-order valence-electron chi connectivity index (χ0n) is 13.7. The van der Waals surface area contributed by atoms with Crippen molar-refractivity contribution in [1.82, 2.24) is 5.32 Å². The molecule has 3 unspecified atom stereocenters. The van der Waals surface area contributed by atoms with Crippen LogP contribution < -0.4 is 5.32 Å². The molecule has 0 radical (unpaired) electrons. The maximum atomic E-state index is 13.3. The molecule has 1 saturated carbocycles. The smallest absolute Gasteiger partial charge is 0.308 e. The highest BCUT2D eigenvalue weighted by molar-refractivity contribution is 5.83. The molecule has 1 aromatic carbocycles. The van der Waals surface area contributed by atoms with Crippen molar-refractivity contribution < 1.29 is 28.2 Å². The predicted molar refractivity (Wildman–Crippen MR) is 84.9 cm³/mol. The number of carbonyl (C=O) groups is 2. The molecule has 0 aromatic heterocycles. The molecule has 3 rings (SSSR count). The van der Waals surface area contributed by atoms with Gasteiger partial charge in [0, 0.05) is 25.7 Å². The molecule has 7 heteroatoms. The van der Waals surface area contributed by atoms with E-state index >= 15 is 0 Å². The van der Waals surface area contributed by atoms with Gasteiger partial charge in [-0.15, -0.1) is 0 Å². The number of hydrogen-bond donors (Lipinski definition) is 2. The Morgan fingerprint density at radius 3 is 2.60 bits per heavy atom. The second kappa shape index (κ2) is 7.47. The molecule has 1 heterocycles. The van der Waals surface area contributed by atoms with Gasteiger partial charge < -0.3 is 15.2 Å². The van der Waals surface area contributed by atoms with Crippen LogP contribution in [0.1, 0.15) is 30.7 Å². The van der Waals surface area contributed by atoms with Crippen molar-refractivity contribution in [3.8, 4) is 0 Å². The number of aliphatic carboxylic acids is 1. The number of rotatable bonds is 6. The second-order valence-corrected chi connectivity index (χ2v) is 6.76. The topological polar surface area (TPSA) is 75.6 Å². The third-order valence-electron chi connectivity index (χ3n) is 5.15. The Morgan fingerprint density at radius 2 is 1.96 bits per heavy atom. The Labute approximate surface area is 144 Å². The number of carboxylic acids is 1. The average molecular weight is 353 g/mol. The maximum Gasteiger partial charge on any atom is 0.308 e. The summed E-state index contributed by atoms with van der Waals surface area (Å²) >= 11 is 0. The Hall–Kier alpha value is -2.02. The van der Waals surface area contributed by atoms with Gasteiger partial charge in [-0.2, -0.15) is 0 Å². The fourth-order valence-electron chi connectivity index (χ4n) is 3.51. The van der Waals surface area contributed by atoms with Gasteiger partial charge in [0.1, 0.15) is 0 Å². The average Bonchev–Trinajstić information content (AvgIpc) is 3.39. The number of carbonyl (C=O) groups excluding carboxylic acids is 1. The van der Waals surface area contributed by atoms with E-state index in [0.717, 1.165) is 12.1 Å². The van der Waals surface area contributed by atoms with E-state index in [0.29, 0.717) is 38.0 Å². The third kappa shape index (κ3) is 4.15. The van der Waals surface area contributed by atoms with Gasteiger partial charge >= 0.3 is 5.97 Å². The highest BCUT2D eigenvalue weighted by Crippen LogP contribution is 2.47. The lowest BCUT2D eigenvalue weighted by Gasteiger charge is -2.27. The Balaban J connectivity index is 1.53. The zero-order valence-corrected chi connectivity index (χ0v) is 13.7. The van der Waals surface area contributed by atoms with Crippen molar-refractivity contribution in [3.63, 3.8) is 0 Å². The molecule has 136 valence electrons. The lowest BCUT2D eigenvalue weighted by molar-refractivity contribution is -0.145. The van der Waals surface area contributed by atoms with Crippen molar-refractivity contribution >= 4 is 11.9 Å². The van der Waals surface area contributed by atoms with E-state index in [9.17, 15) is 23.5 Å². The molecular formula is C18H21F2NO4. The van der Waals surface area contributed by atoms with Gasteiger partial charge in [-0.25, -0.2) is 8.78 Å². The van der Waals surface area contributed by atoms with Gasteiger partial charge in [-0.3, -0.25) is 9.59 Å². The standard InChI is InChI=1S/C18H21F2NO4/c19-15-2-1-11(7-16(15)20)12-8-13(12)17(22)21-9-14(18(23)24)10-3-5-25-6-4-10/h1-2,7,10,12-14H,3-6,8-9H2,(H,21,22)(H,23,24). The maximum absolute atomic E-state index is 13.3. The van der Waals surface area contributed by atoms with Gasteiger partial charge in [-0.1, -0.05) is 6.07 Å². The minimum absolute atomic E-state index is 0.00672. The number of carboxylic acid groups (broad SMARTS) is 1. The van der Waals surface area contributed by atoms with Gasteiger partial charge in [0.25, 0.3) is 0 Å². The Bertz CT molecular complexity index is 660. The second-order valence-electron chi connectivity index (χ2n) is 6.76. The van der Waals surface area contributed by atoms with Crippen molar-refractivity contribution in [2.75, 3.05) is 19.8 Å². The number of amides is 1. The molecule has 1 amide bonds. The van der Waals surface area contributed by atoms with Gasteiger partial charge in [-0.05, 0) is 48.8 Å². The molecule has 3 atom stereocenters. The summed E-state index contributed by atoms with van der Waals surface area (Å²) in [4.78, 5) is 23.7.